The monoisotopic (exact) mass is 278 g/mol. The first kappa shape index (κ1) is 15.1. The Hall–Kier alpha value is -1.92. The second-order valence-corrected chi connectivity index (χ2v) is 3.50. The lowest BCUT2D eigenvalue weighted by atomic mass is 10.1. The van der Waals surface area contributed by atoms with Gasteiger partial charge in [0.2, 0.25) is 0 Å². The molecule has 0 heterocycles. The lowest BCUT2D eigenvalue weighted by molar-refractivity contribution is -0.274. The number of ether oxygens (including phenoxy) is 3. The van der Waals surface area contributed by atoms with Gasteiger partial charge in [0.1, 0.15) is 11.5 Å². The van der Waals surface area contributed by atoms with E-state index in [-0.39, 0.29) is 18.6 Å². The first-order valence-electron chi connectivity index (χ1n) is 5.44. The van der Waals surface area contributed by atoms with Crippen LogP contribution in [0.1, 0.15) is 12.5 Å². The SMILES string of the molecule is CCOC(=O)Cc1cc(OC(F)(F)F)ccc1OC. The fourth-order valence-corrected chi connectivity index (χ4v) is 1.46. The van der Waals surface area contributed by atoms with Crippen molar-refractivity contribution in [3.05, 3.63) is 23.8 Å². The van der Waals surface area contributed by atoms with Gasteiger partial charge in [0.15, 0.2) is 0 Å². The number of alkyl halides is 3. The Kier molecular flexibility index (Phi) is 5.02. The molecule has 0 N–H and O–H groups in total. The highest BCUT2D eigenvalue weighted by Crippen LogP contribution is 2.28. The van der Waals surface area contributed by atoms with Crippen LogP contribution in [0.2, 0.25) is 0 Å². The van der Waals surface area contributed by atoms with Crippen molar-refractivity contribution >= 4 is 5.97 Å². The summed E-state index contributed by atoms with van der Waals surface area (Å²) in [6.07, 6.45) is -4.97. The Balaban J connectivity index is 2.93. The van der Waals surface area contributed by atoms with Gasteiger partial charge >= 0.3 is 12.3 Å². The van der Waals surface area contributed by atoms with Gasteiger partial charge in [-0.2, -0.15) is 0 Å². The molecule has 0 radical (unpaired) electrons. The number of methoxy groups -OCH3 is 1. The molecule has 1 aromatic carbocycles. The molecule has 19 heavy (non-hydrogen) atoms. The van der Waals surface area contributed by atoms with Crippen LogP contribution in [0.4, 0.5) is 13.2 Å². The average molecular weight is 278 g/mol. The van der Waals surface area contributed by atoms with Gasteiger partial charge in [0.05, 0.1) is 20.1 Å². The van der Waals surface area contributed by atoms with Crippen LogP contribution in [0.5, 0.6) is 11.5 Å². The maximum Gasteiger partial charge on any atom is 0.573 e. The third kappa shape index (κ3) is 5.07. The number of hydrogen-bond donors (Lipinski definition) is 0. The summed E-state index contributed by atoms with van der Waals surface area (Å²) in [5.74, 6) is -0.667. The molecule has 7 heteroatoms. The smallest absolute Gasteiger partial charge is 0.496 e. The summed E-state index contributed by atoms with van der Waals surface area (Å²) in [7, 11) is 1.36. The highest BCUT2D eigenvalue weighted by Gasteiger charge is 2.31. The summed E-state index contributed by atoms with van der Waals surface area (Å²) in [5, 5.41) is 0. The number of halogens is 3. The van der Waals surface area contributed by atoms with E-state index in [9.17, 15) is 18.0 Å². The zero-order chi connectivity index (χ0) is 14.5. The first-order valence-corrected chi connectivity index (χ1v) is 5.44. The second-order valence-electron chi connectivity index (χ2n) is 3.50. The van der Waals surface area contributed by atoms with Gasteiger partial charge in [-0.05, 0) is 25.1 Å². The summed E-state index contributed by atoms with van der Waals surface area (Å²) in [5.41, 5.74) is 0.266. The molecule has 0 aliphatic heterocycles. The number of esters is 1. The van der Waals surface area contributed by atoms with Crippen molar-refractivity contribution in [1.82, 2.24) is 0 Å². The van der Waals surface area contributed by atoms with Crippen molar-refractivity contribution in [1.29, 1.82) is 0 Å². The van der Waals surface area contributed by atoms with Crippen molar-refractivity contribution in [3.8, 4) is 11.5 Å². The predicted octanol–water partition coefficient (Wildman–Crippen LogP) is 2.70. The molecule has 0 bridgehead atoms. The maximum absolute atomic E-state index is 12.1. The molecule has 0 amide bonds. The van der Waals surface area contributed by atoms with Crippen molar-refractivity contribution in [2.75, 3.05) is 13.7 Å². The Morgan fingerprint density at radius 1 is 1.32 bits per heavy atom. The molecule has 106 valence electrons. The fraction of sp³-hybridized carbons (Fsp3) is 0.417. The quantitative estimate of drug-likeness (QED) is 0.777. The summed E-state index contributed by atoms with van der Waals surface area (Å²) < 4.78 is 49.8. The van der Waals surface area contributed by atoms with Crippen LogP contribution in [0.15, 0.2) is 18.2 Å². The van der Waals surface area contributed by atoms with Crippen molar-refractivity contribution in [3.63, 3.8) is 0 Å². The molecule has 0 spiro atoms. The number of carbonyl (C=O) groups excluding carboxylic acids is 1. The summed E-state index contributed by atoms with van der Waals surface area (Å²) >= 11 is 0. The predicted molar refractivity (Wildman–Crippen MR) is 60.0 cm³/mol. The molecule has 1 aromatic rings. The number of hydrogen-bond acceptors (Lipinski definition) is 4. The standard InChI is InChI=1S/C12H13F3O4/c1-3-18-11(16)7-8-6-9(19-12(13,14)15)4-5-10(8)17-2/h4-6H,3,7H2,1-2H3. The number of benzene rings is 1. The van der Waals surface area contributed by atoms with Crippen LogP contribution in [0.3, 0.4) is 0 Å². The van der Waals surface area contributed by atoms with Gasteiger partial charge in [-0.3, -0.25) is 4.79 Å². The van der Waals surface area contributed by atoms with E-state index in [4.69, 9.17) is 9.47 Å². The van der Waals surface area contributed by atoms with E-state index in [0.717, 1.165) is 12.1 Å². The molecule has 0 saturated carbocycles. The van der Waals surface area contributed by atoms with E-state index in [0.29, 0.717) is 5.75 Å². The molecule has 0 saturated heterocycles. The average Bonchev–Trinajstić information content (AvgIpc) is 2.27. The summed E-state index contributed by atoms with van der Waals surface area (Å²) in [6, 6.07) is 3.51. The molecule has 0 aliphatic carbocycles. The first-order chi connectivity index (χ1) is 8.85. The van der Waals surface area contributed by atoms with E-state index in [1.807, 2.05) is 0 Å². The molecule has 4 nitrogen and oxygen atoms in total. The lowest BCUT2D eigenvalue weighted by Gasteiger charge is -2.12. The maximum atomic E-state index is 12.1. The highest BCUT2D eigenvalue weighted by molar-refractivity contribution is 5.73. The Morgan fingerprint density at radius 3 is 2.53 bits per heavy atom. The minimum Gasteiger partial charge on any atom is -0.496 e. The molecule has 0 aliphatic rings. The van der Waals surface area contributed by atoms with Gasteiger partial charge in [-0.15, -0.1) is 13.2 Å². The Bertz CT molecular complexity index is 443. The molecule has 1 rings (SSSR count). The van der Waals surface area contributed by atoms with Crippen LogP contribution in [0, 0.1) is 0 Å². The number of carbonyl (C=O) groups is 1. The minimum atomic E-state index is -4.78. The minimum absolute atomic E-state index is 0.188. The van der Waals surface area contributed by atoms with Gasteiger partial charge < -0.3 is 14.2 Å². The Labute approximate surface area is 108 Å². The largest absolute Gasteiger partial charge is 0.573 e. The Morgan fingerprint density at radius 2 is 2.00 bits per heavy atom. The molecular formula is C12H13F3O4. The van der Waals surface area contributed by atoms with Gasteiger partial charge in [-0.1, -0.05) is 0 Å². The highest BCUT2D eigenvalue weighted by atomic mass is 19.4. The molecule has 0 fully saturated rings. The molecular weight excluding hydrogens is 265 g/mol. The summed E-state index contributed by atoms with van der Waals surface area (Å²) in [6.45, 7) is 1.83. The van der Waals surface area contributed by atoms with E-state index in [1.54, 1.807) is 6.92 Å². The normalized spacial score (nSPS) is 11.0. The van der Waals surface area contributed by atoms with Gasteiger partial charge in [0.25, 0.3) is 0 Å². The van der Waals surface area contributed by atoms with Crippen molar-refractivity contribution in [2.45, 2.75) is 19.7 Å². The van der Waals surface area contributed by atoms with E-state index < -0.39 is 18.1 Å². The van der Waals surface area contributed by atoms with Crippen LogP contribution in [0.25, 0.3) is 0 Å². The van der Waals surface area contributed by atoms with Crippen molar-refractivity contribution in [2.24, 2.45) is 0 Å². The topological polar surface area (TPSA) is 44.8 Å². The summed E-state index contributed by atoms with van der Waals surface area (Å²) in [4.78, 5) is 11.3. The van der Waals surface area contributed by atoms with Crippen molar-refractivity contribution < 1.29 is 32.2 Å². The molecule has 0 atom stereocenters. The fourth-order valence-electron chi connectivity index (χ4n) is 1.46. The van der Waals surface area contributed by atoms with E-state index in [1.165, 1.54) is 13.2 Å². The van der Waals surface area contributed by atoms with Crippen LogP contribution in [-0.4, -0.2) is 26.0 Å². The van der Waals surface area contributed by atoms with Crippen LogP contribution < -0.4 is 9.47 Å². The van der Waals surface area contributed by atoms with Crippen LogP contribution in [-0.2, 0) is 16.0 Å². The zero-order valence-corrected chi connectivity index (χ0v) is 10.4. The van der Waals surface area contributed by atoms with Gasteiger partial charge in [0, 0.05) is 5.56 Å². The third-order valence-corrected chi connectivity index (χ3v) is 2.13. The number of rotatable bonds is 5. The molecule has 0 unspecified atom stereocenters. The third-order valence-electron chi connectivity index (χ3n) is 2.13. The lowest BCUT2D eigenvalue weighted by Crippen LogP contribution is -2.17. The zero-order valence-electron chi connectivity index (χ0n) is 10.4. The van der Waals surface area contributed by atoms with E-state index in [2.05, 4.69) is 4.74 Å². The van der Waals surface area contributed by atoms with Gasteiger partial charge in [-0.25, -0.2) is 0 Å². The molecule has 0 aromatic heterocycles. The second kappa shape index (κ2) is 6.31. The van der Waals surface area contributed by atoms with Crippen LogP contribution >= 0.6 is 0 Å². The van der Waals surface area contributed by atoms with E-state index >= 15 is 0 Å².